The van der Waals surface area contributed by atoms with E-state index in [1.807, 2.05) is 0 Å². The minimum atomic E-state index is -3.73. The number of fused-ring (bicyclic) bond motifs is 1. The monoisotopic (exact) mass is 289 g/mol. The van der Waals surface area contributed by atoms with Crippen molar-refractivity contribution < 1.29 is 17.7 Å². The zero-order valence-electron chi connectivity index (χ0n) is 10.6. The summed E-state index contributed by atoms with van der Waals surface area (Å²) in [5.74, 6) is 0.546. The fraction of sp³-hybridized carbons (Fsp3) is 0.0714. The van der Waals surface area contributed by atoms with Gasteiger partial charge in [-0.3, -0.25) is 0 Å². The second-order valence-electron chi connectivity index (χ2n) is 4.17. The van der Waals surface area contributed by atoms with Crippen molar-refractivity contribution in [2.24, 2.45) is 0 Å². The first kappa shape index (κ1) is 12.7. The molecule has 0 aliphatic carbocycles. The fourth-order valence-electron chi connectivity index (χ4n) is 1.93. The van der Waals surface area contributed by atoms with Crippen LogP contribution in [-0.4, -0.2) is 20.7 Å². The number of ether oxygens (including phenoxy) is 1. The lowest BCUT2D eigenvalue weighted by Gasteiger charge is -2.01. The average molecular weight is 289 g/mol. The summed E-state index contributed by atoms with van der Waals surface area (Å²) in [6.45, 7) is 0. The van der Waals surface area contributed by atoms with E-state index in [0.717, 1.165) is 0 Å². The number of methoxy groups -OCH3 is 1. The standard InChI is InChI=1S/C14H11NO4S/c1-18-10-7-8-13-12(9-10)14(19-15-13)20(16,17)11-5-3-2-4-6-11/h2-9H,1H3. The minimum absolute atomic E-state index is 0.167. The summed E-state index contributed by atoms with van der Waals surface area (Å²) in [4.78, 5) is 0.167. The topological polar surface area (TPSA) is 69.4 Å². The van der Waals surface area contributed by atoms with E-state index in [1.165, 1.54) is 19.2 Å². The van der Waals surface area contributed by atoms with Crippen LogP contribution in [0.2, 0.25) is 0 Å². The van der Waals surface area contributed by atoms with Crippen LogP contribution in [0.25, 0.3) is 10.9 Å². The third-order valence-electron chi connectivity index (χ3n) is 2.95. The first-order chi connectivity index (χ1) is 9.63. The van der Waals surface area contributed by atoms with Gasteiger partial charge in [-0.15, -0.1) is 0 Å². The maximum Gasteiger partial charge on any atom is 0.263 e. The van der Waals surface area contributed by atoms with Crippen molar-refractivity contribution in [2.45, 2.75) is 9.99 Å². The summed E-state index contributed by atoms with van der Waals surface area (Å²) in [6.07, 6.45) is 0. The Hall–Kier alpha value is -2.34. The average Bonchev–Trinajstić information content (AvgIpc) is 2.91. The van der Waals surface area contributed by atoms with E-state index in [9.17, 15) is 8.42 Å². The number of sulfone groups is 1. The van der Waals surface area contributed by atoms with Gasteiger partial charge < -0.3 is 9.26 Å². The summed E-state index contributed by atoms with van der Waals surface area (Å²) in [5, 5.41) is 4.02. The van der Waals surface area contributed by atoms with Gasteiger partial charge in [0.25, 0.3) is 5.09 Å². The van der Waals surface area contributed by atoms with E-state index in [2.05, 4.69) is 5.16 Å². The molecule has 102 valence electrons. The van der Waals surface area contributed by atoms with Crippen molar-refractivity contribution in [3.63, 3.8) is 0 Å². The van der Waals surface area contributed by atoms with Crippen LogP contribution in [0.5, 0.6) is 5.75 Å². The van der Waals surface area contributed by atoms with Gasteiger partial charge in [0, 0.05) is 0 Å². The molecule has 1 aromatic heterocycles. The van der Waals surface area contributed by atoms with Crippen molar-refractivity contribution in [3.05, 3.63) is 48.5 Å². The van der Waals surface area contributed by atoms with E-state index in [1.54, 1.807) is 36.4 Å². The van der Waals surface area contributed by atoms with Crippen LogP contribution >= 0.6 is 0 Å². The SMILES string of the molecule is COc1ccc2noc(S(=O)(=O)c3ccccc3)c2c1. The first-order valence-corrected chi connectivity index (χ1v) is 7.35. The smallest absolute Gasteiger partial charge is 0.263 e. The van der Waals surface area contributed by atoms with Crippen LogP contribution < -0.4 is 4.74 Å². The molecule has 0 amide bonds. The lowest BCUT2D eigenvalue weighted by molar-refractivity contribution is 0.347. The third kappa shape index (κ3) is 1.94. The van der Waals surface area contributed by atoms with Crippen LogP contribution in [0.15, 0.2) is 63.0 Å². The summed E-state index contributed by atoms with van der Waals surface area (Å²) in [7, 11) is -2.22. The van der Waals surface area contributed by atoms with Gasteiger partial charge >= 0.3 is 0 Å². The molecule has 0 N–H and O–H groups in total. The minimum Gasteiger partial charge on any atom is -0.497 e. The normalized spacial score (nSPS) is 11.7. The van der Waals surface area contributed by atoms with E-state index in [0.29, 0.717) is 16.7 Å². The Labute approximate surface area is 115 Å². The molecule has 0 atom stereocenters. The fourth-order valence-corrected chi connectivity index (χ4v) is 3.24. The molecule has 2 aromatic carbocycles. The number of rotatable bonds is 3. The van der Waals surface area contributed by atoms with E-state index < -0.39 is 9.84 Å². The summed E-state index contributed by atoms with van der Waals surface area (Å²) >= 11 is 0. The highest BCUT2D eigenvalue weighted by Crippen LogP contribution is 2.30. The lowest BCUT2D eigenvalue weighted by Crippen LogP contribution is -2.00. The molecule has 0 spiro atoms. The van der Waals surface area contributed by atoms with Crippen molar-refractivity contribution in [3.8, 4) is 5.75 Å². The van der Waals surface area contributed by atoms with Gasteiger partial charge in [0.15, 0.2) is 0 Å². The molecule has 6 heteroatoms. The van der Waals surface area contributed by atoms with Crippen molar-refractivity contribution >= 4 is 20.7 Å². The molecule has 20 heavy (non-hydrogen) atoms. The molecular formula is C14H11NO4S. The predicted molar refractivity (Wildman–Crippen MR) is 72.5 cm³/mol. The maximum atomic E-state index is 12.5. The Morgan fingerprint density at radius 1 is 1.10 bits per heavy atom. The predicted octanol–water partition coefficient (Wildman–Crippen LogP) is 2.67. The molecule has 1 heterocycles. The quantitative estimate of drug-likeness (QED) is 0.741. The summed E-state index contributed by atoms with van der Waals surface area (Å²) in [6, 6.07) is 13.1. The largest absolute Gasteiger partial charge is 0.497 e. The zero-order valence-corrected chi connectivity index (χ0v) is 11.4. The molecule has 0 aliphatic rings. The van der Waals surface area contributed by atoms with E-state index in [-0.39, 0.29) is 9.99 Å². The summed E-state index contributed by atoms with van der Waals surface area (Å²) < 4.78 is 35.2. The van der Waals surface area contributed by atoms with Gasteiger partial charge in [-0.2, -0.15) is 0 Å². The van der Waals surface area contributed by atoms with Crippen molar-refractivity contribution in [1.82, 2.24) is 5.16 Å². The summed E-state index contributed by atoms with van der Waals surface area (Å²) in [5.41, 5.74) is 0.473. The van der Waals surface area contributed by atoms with Gasteiger partial charge in [-0.1, -0.05) is 23.4 Å². The number of hydrogen-bond acceptors (Lipinski definition) is 5. The number of benzene rings is 2. The highest BCUT2D eigenvalue weighted by Gasteiger charge is 2.25. The van der Waals surface area contributed by atoms with E-state index in [4.69, 9.17) is 9.26 Å². The molecule has 0 saturated heterocycles. The van der Waals surface area contributed by atoms with Crippen LogP contribution in [0.4, 0.5) is 0 Å². The Morgan fingerprint density at radius 2 is 1.85 bits per heavy atom. The van der Waals surface area contributed by atoms with Crippen LogP contribution in [0.1, 0.15) is 0 Å². The molecule has 3 rings (SSSR count). The molecule has 0 fully saturated rings. The Bertz CT molecular complexity index is 853. The highest BCUT2D eigenvalue weighted by atomic mass is 32.2. The van der Waals surface area contributed by atoms with Crippen LogP contribution in [0, 0.1) is 0 Å². The Balaban J connectivity index is 2.24. The number of nitrogens with zero attached hydrogens (tertiary/aromatic N) is 1. The molecule has 0 unspecified atom stereocenters. The molecule has 0 bridgehead atoms. The Morgan fingerprint density at radius 3 is 2.55 bits per heavy atom. The second kappa shape index (κ2) is 4.64. The first-order valence-electron chi connectivity index (χ1n) is 5.86. The third-order valence-corrected chi connectivity index (χ3v) is 4.62. The number of hydrogen-bond donors (Lipinski definition) is 0. The molecule has 0 saturated carbocycles. The van der Waals surface area contributed by atoms with Gasteiger partial charge in [0.2, 0.25) is 9.84 Å². The second-order valence-corrected chi connectivity index (χ2v) is 6.02. The van der Waals surface area contributed by atoms with Crippen LogP contribution in [-0.2, 0) is 9.84 Å². The van der Waals surface area contributed by atoms with Gasteiger partial charge in [0.05, 0.1) is 17.4 Å². The van der Waals surface area contributed by atoms with Crippen molar-refractivity contribution in [2.75, 3.05) is 7.11 Å². The molecule has 3 aromatic rings. The molecule has 0 radical (unpaired) electrons. The van der Waals surface area contributed by atoms with Crippen LogP contribution in [0.3, 0.4) is 0 Å². The zero-order chi connectivity index (χ0) is 14.2. The maximum absolute atomic E-state index is 12.5. The van der Waals surface area contributed by atoms with Gasteiger partial charge in [-0.05, 0) is 30.3 Å². The molecular weight excluding hydrogens is 278 g/mol. The molecule has 0 aliphatic heterocycles. The van der Waals surface area contributed by atoms with Crippen molar-refractivity contribution in [1.29, 1.82) is 0 Å². The molecule has 5 nitrogen and oxygen atoms in total. The van der Waals surface area contributed by atoms with Gasteiger partial charge in [0.1, 0.15) is 11.3 Å². The lowest BCUT2D eigenvalue weighted by atomic mass is 10.2. The van der Waals surface area contributed by atoms with E-state index >= 15 is 0 Å². The Kier molecular flexibility index (Phi) is 2.94. The number of aromatic nitrogens is 1. The highest BCUT2D eigenvalue weighted by molar-refractivity contribution is 7.91. The van der Waals surface area contributed by atoms with Gasteiger partial charge in [-0.25, -0.2) is 8.42 Å².